The summed E-state index contributed by atoms with van der Waals surface area (Å²) < 4.78 is 5.68. The van der Waals surface area contributed by atoms with Crippen molar-refractivity contribution in [2.24, 2.45) is 0 Å². The molecule has 0 N–H and O–H groups in total. The molecule has 1 heterocycles. The molecule has 1 aliphatic rings. The molecule has 1 aliphatic heterocycles. The standard InChI is InChI=1S/C15H24N2O/c1-3-11-18-15-6-4-5-14(12-15)13-17-9-7-16(2)8-10-17/h4-6,12H,3,7-11,13H2,1-2H3. The van der Waals surface area contributed by atoms with Crippen molar-refractivity contribution in [3.63, 3.8) is 0 Å². The quantitative estimate of drug-likeness (QED) is 0.794. The summed E-state index contributed by atoms with van der Waals surface area (Å²) >= 11 is 0. The summed E-state index contributed by atoms with van der Waals surface area (Å²) in [7, 11) is 2.19. The number of benzene rings is 1. The van der Waals surface area contributed by atoms with Gasteiger partial charge in [-0.2, -0.15) is 0 Å². The first-order chi connectivity index (χ1) is 8.78. The van der Waals surface area contributed by atoms with Crippen LogP contribution in [-0.4, -0.2) is 49.6 Å². The highest BCUT2D eigenvalue weighted by atomic mass is 16.5. The van der Waals surface area contributed by atoms with Gasteiger partial charge in [0.05, 0.1) is 6.61 Å². The Bertz CT molecular complexity index is 359. The van der Waals surface area contributed by atoms with Crippen molar-refractivity contribution >= 4 is 0 Å². The maximum Gasteiger partial charge on any atom is 0.119 e. The lowest BCUT2D eigenvalue weighted by Gasteiger charge is -2.32. The monoisotopic (exact) mass is 248 g/mol. The smallest absolute Gasteiger partial charge is 0.119 e. The summed E-state index contributed by atoms with van der Waals surface area (Å²) in [5.41, 5.74) is 1.35. The highest BCUT2D eigenvalue weighted by molar-refractivity contribution is 5.28. The molecule has 0 unspecified atom stereocenters. The lowest BCUT2D eigenvalue weighted by Crippen LogP contribution is -2.43. The number of piperazine rings is 1. The molecule has 0 amide bonds. The molecule has 3 heteroatoms. The first-order valence-electron chi connectivity index (χ1n) is 6.90. The average molecular weight is 248 g/mol. The second kappa shape index (κ2) is 6.76. The molecule has 2 rings (SSSR count). The zero-order chi connectivity index (χ0) is 12.8. The Morgan fingerprint density at radius 3 is 2.67 bits per heavy atom. The van der Waals surface area contributed by atoms with Crippen LogP contribution in [0, 0.1) is 0 Å². The summed E-state index contributed by atoms with van der Waals surface area (Å²) in [6.07, 6.45) is 1.06. The number of hydrogen-bond donors (Lipinski definition) is 0. The zero-order valence-corrected chi connectivity index (χ0v) is 11.6. The molecule has 18 heavy (non-hydrogen) atoms. The molecule has 100 valence electrons. The number of nitrogens with zero attached hydrogens (tertiary/aromatic N) is 2. The van der Waals surface area contributed by atoms with Crippen LogP contribution >= 0.6 is 0 Å². The van der Waals surface area contributed by atoms with E-state index in [0.29, 0.717) is 0 Å². The Labute approximate surface area is 110 Å². The third-order valence-electron chi connectivity index (χ3n) is 3.37. The molecular weight excluding hydrogens is 224 g/mol. The molecular formula is C15H24N2O. The molecule has 1 saturated heterocycles. The summed E-state index contributed by atoms with van der Waals surface area (Å²) in [5, 5.41) is 0. The Hall–Kier alpha value is -1.06. The van der Waals surface area contributed by atoms with Crippen LogP contribution in [0.3, 0.4) is 0 Å². The molecule has 1 aromatic rings. The van der Waals surface area contributed by atoms with E-state index in [-0.39, 0.29) is 0 Å². The normalized spacial score (nSPS) is 17.9. The van der Waals surface area contributed by atoms with Gasteiger partial charge in [0.15, 0.2) is 0 Å². The van der Waals surface area contributed by atoms with Crippen LogP contribution in [0.5, 0.6) is 5.75 Å². The van der Waals surface area contributed by atoms with E-state index in [1.807, 2.05) is 6.07 Å². The van der Waals surface area contributed by atoms with Crippen LogP contribution in [0.15, 0.2) is 24.3 Å². The fraction of sp³-hybridized carbons (Fsp3) is 0.600. The first kappa shape index (κ1) is 13.4. The number of hydrogen-bond acceptors (Lipinski definition) is 3. The van der Waals surface area contributed by atoms with E-state index in [9.17, 15) is 0 Å². The Balaban J connectivity index is 1.88. The lowest BCUT2D eigenvalue weighted by molar-refractivity contribution is 0.148. The van der Waals surface area contributed by atoms with Gasteiger partial charge in [0.2, 0.25) is 0 Å². The van der Waals surface area contributed by atoms with Crippen molar-refractivity contribution in [1.29, 1.82) is 0 Å². The topological polar surface area (TPSA) is 15.7 Å². The minimum atomic E-state index is 0.804. The molecule has 1 aromatic carbocycles. The van der Waals surface area contributed by atoms with Gasteiger partial charge in [0.1, 0.15) is 5.75 Å². The van der Waals surface area contributed by atoms with Crippen molar-refractivity contribution < 1.29 is 4.74 Å². The Kier molecular flexibility index (Phi) is 5.02. The second-order valence-electron chi connectivity index (χ2n) is 5.08. The second-order valence-corrected chi connectivity index (χ2v) is 5.08. The fourth-order valence-electron chi connectivity index (χ4n) is 2.22. The summed E-state index contributed by atoms with van der Waals surface area (Å²) in [6, 6.07) is 8.50. The van der Waals surface area contributed by atoms with Gasteiger partial charge in [0.25, 0.3) is 0 Å². The molecule has 0 saturated carbocycles. The average Bonchev–Trinajstić information content (AvgIpc) is 2.40. The van der Waals surface area contributed by atoms with Gasteiger partial charge >= 0.3 is 0 Å². The molecule has 1 fully saturated rings. The van der Waals surface area contributed by atoms with Crippen molar-refractivity contribution in [3.8, 4) is 5.75 Å². The van der Waals surface area contributed by atoms with Gasteiger partial charge in [0, 0.05) is 32.7 Å². The van der Waals surface area contributed by atoms with Crippen molar-refractivity contribution in [1.82, 2.24) is 9.80 Å². The number of likely N-dealkylation sites (N-methyl/N-ethyl adjacent to an activating group) is 1. The molecule has 0 radical (unpaired) electrons. The molecule has 0 atom stereocenters. The van der Waals surface area contributed by atoms with Crippen LogP contribution < -0.4 is 4.74 Å². The van der Waals surface area contributed by atoms with Crippen LogP contribution in [0.4, 0.5) is 0 Å². The van der Waals surface area contributed by atoms with Gasteiger partial charge < -0.3 is 9.64 Å². The largest absolute Gasteiger partial charge is 0.494 e. The molecule has 0 aliphatic carbocycles. The van der Waals surface area contributed by atoms with Gasteiger partial charge in [-0.3, -0.25) is 4.90 Å². The maximum atomic E-state index is 5.68. The van der Waals surface area contributed by atoms with E-state index in [0.717, 1.165) is 38.4 Å². The van der Waals surface area contributed by atoms with Crippen LogP contribution in [0.1, 0.15) is 18.9 Å². The van der Waals surface area contributed by atoms with Crippen molar-refractivity contribution in [2.45, 2.75) is 19.9 Å². The van der Waals surface area contributed by atoms with Crippen molar-refractivity contribution in [3.05, 3.63) is 29.8 Å². The number of rotatable bonds is 5. The minimum Gasteiger partial charge on any atom is -0.494 e. The maximum absolute atomic E-state index is 5.68. The number of ether oxygens (including phenoxy) is 1. The highest BCUT2D eigenvalue weighted by Crippen LogP contribution is 2.15. The van der Waals surface area contributed by atoms with Gasteiger partial charge in [-0.05, 0) is 31.2 Å². The Morgan fingerprint density at radius 2 is 1.94 bits per heavy atom. The SMILES string of the molecule is CCCOc1cccc(CN2CCN(C)CC2)c1. The molecule has 0 spiro atoms. The lowest BCUT2D eigenvalue weighted by atomic mass is 10.2. The third-order valence-corrected chi connectivity index (χ3v) is 3.37. The predicted molar refractivity (Wildman–Crippen MR) is 75.0 cm³/mol. The van der Waals surface area contributed by atoms with Crippen LogP contribution in [0.2, 0.25) is 0 Å². The van der Waals surface area contributed by atoms with Gasteiger partial charge in [-0.15, -0.1) is 0 Å². The van der Waals surface area contributed by atoms with Gasteiger partial charge in [-0.25, -0.2) is 0 Å². The van der Waals surface area contributed by atoms with E-state index >= 15 is 0 Å². The van der Waals surface area contributed by atoms with E-state index in [4.69, 9.17) is 4.74 Å². The fourth-order valence-corrected chi connectivity index (χ4v) is 2.22. The predicted octanol–water partition coefficient (Wildman–Crippen LogP) is 2.22. The third kappa shape index (κ3) is 4.00. The van der Waals surface area contributed by atoms with E-state index < -0.39 is 0 Å². The van der Waals surface area contributed by atoms with E-state index in [2.05, 4.69) is 42.0 Å². The Morgan fingerprint density at radius 1 is 1.17 bits per heavy atom. The van der Waals surface area contributed by atoms with Gasteiger partial charge in [-0.1, -0.05) is 19.1 Å². The molecule has 0 aromatic heterocycles. The summed E-state index contributed by atoms with van der Waals surface area (Å²) in [4.78, 5) is 4.90. The molecule has 0 bridgehead atoms. The van der Waals surface area contributed by atoms with Crippen LogP contribution in [0.25, 0.3) is 0 Å². The molecule has 3 nitrogen and oxygen atoms in total. The van der Waals surface area contributed by atoms with Crippen LogP contribution in [-0.2, 0) is 6.54 Å². The first-order valence-corrected chi connectivity index (χ1v) is 6.90. The van der Waals surface area contributed by atoms with Crippen molar-refractivity contribution in [2.75, 3.05) is 39.8 Å². The highest BCUT2D eigenvalue weighted by Gasteiger charge is 2.13. The summed E-state index contributed by atoms with van der Waals surface area (Å²) in [6.45, 7) is 8.65. The summed E-state index contributed by atoms with van der Waals surface area (Å²) in [5.74, 6) is 1.00. The zero-order valence-electron chi connectivity index (χ0n) is 11.6. The van der Waals surface area contributed by atoms with E-state index in [1.54, 1.807) is 0 Å². The van der Waals surface area contributed by atoms with E-state index in [1.165, 1.54) is 18.7 Å². The minimum absolute atomic E-state index is 0.804.